The van der Waals surface area contributed by atoms with Crippen molar-refractivity contribution in [2.75, 3.05) is 6.16 Å². The van der Waals surface area contributed by atoms with Gasteiger partial charge >= 0.3 is 0 Å². The van der Waals surface area contributed by atoms with Crippen molar-refractivity contribution in [2.45, 2.75) is 155 Å². The molecule has 3 rings (SSSR count). The molecule has 212 valence electrons. The Morgan fingerprint density at radius 2 is 0.921 bits per heavy atom. The Morgan fingerprint density at radius 3 is 1.29 bits per heavy atom. The Bertz CT molecular complexity index is 1160. The Morgan fingerprint density at radius 1 is 0.553 bits per heavy atom. The van der Waals surface area contributed by atoms with Crippen LogP contribution in [0, 0.1) is 0 Å². The van der Waals surface area contributed by atoms with Crippen molar-refractivity contribution in [3.63, 3.8) is 0 Å². The molecule has 0 N–H and O–H groups in total. The zero-order valence-corrected chi connectivity index (χ0v) is 29.6. The first kappa shape index (κ1) is 31.7. The molecule has 0 amide bonds. The molecule has 1 atom stereocenters. The molecule has 1 unspecified atom stereocenters. The van der Waals surface area contributed by atoms with Crippen LogP contribution in [0.25, 0.3) is 0 Å². The van der Waals surface area contributed by atoms with E-state index in [2.05, 4.69) is 153 Å². The fourth-order valence-corrected chi connectivity index (χ4v) is 12.3. The third-order valence-electron chi connectivity index (χ3n) is 8.07. The Labute approximate surface area is 242 Å². The zero-order chi connectivity index (χ0) is 29.4. The molecule has 0 aliphatic carbocycles. The van der Waals surface area contributed by atoms with Crippen molar-refractivity contribution in [3.05, 3.63) is 57.6 Å². The monoisotopic (exact) mass is 552 g/mol. The van der Waals surface area contributed by atoms with Crippen LogP contribution in [0.15, 0.2) is 29.2 Å². The molecule has 0 saturated heterocycles. The SMILES string of the molecule is CC(C)(C)c1cc(C(C)(C)C)c(SP2CC(C)(C)c3cc(C(C)(C)C)cc(C(C)(C)C)c32)c(C(C)(C)C)c1. The van der Waals surface area contributed by atoms with Crippen molar-refractivity contribution in [1.82, 2.24) is 0 Å². The van der Waals surface area contributed by atoms with Gasteiger partial charge in [0.1, 0.15) is 0 Å². The quantitative estimate of drug-likeness (QED) is 0.334. The fraction of sp³-hybridized carbons (Fsp3) is 0.667. The summed E-state index contributed by atoms with van der Waals surface area (Å²) >= 11 is 2.23. The van der Waals surface area contributed by atoms with E-state index in [0.29, 0.717) is 0 Å². The van der Waals surface area contributed by atoms with E-state index in [1.165, 1.54) is 28.4 Å². The Hall–Kier alpha value is -0.780. The van der Waals surface area contributed by atoms with E-state index in [1.807, 2.05) is 0 Å². The minimum atomic E-state index is -0.406. The van der Waals surface area contributed by atoms with Crippen LogP contribution in [0.1, 0.15) is 151 Å². The third-order valence-corrected chi connectivity index (χ3v) is 13.1. The van der Waals surface area contributed by atoms with E-state index in [4.69, 9.17) is 0 Å². The van der Waals surface area contributed by atoms with Crippen molar-refractivity contribution >= 4 is 23.8 Å². The molecule has 0 nitrogen and oxygen atoms in total. The van der Waals surface area contributed by atoms with Crippen molar-refractivity contribution in [3.8, 4) is 0 Å². The molecule has 38 heavy (non-hydrogen) atoms. The molecule has 0 radical (unpaired) electrons. The summed E-state index contributed by atoms with van der Waals surface area (Å²) in [6.07, 6.45) is 1.24. The zero-order valence-electron chi connectivity index (χ0n) is 27.9. The van der Waals surface area contributed by atoms with Crippen LogP contribution in [0.4, 0.5) is 0 Å². The van der Waals surface area contributed by atoms with Crippen LogP contribution in [0.3, 0.4) is 0 Å². The van der Waals surface area contributed by atoms with E-state index in [0.717, 1.165) is 0 Å². The Balaban J connectivity index is 2.35. The van der Waals surface area contributed by atoms with E-state index in [9.17, 15) is 0 Å². The molecule has 2 aromatic rings. The highest BCUT2D eigenvalue weighted by atomic mass is 32.7. The fourth-order valence-electron chi connectivity index (χ4n) is 5.41. The molecule has 2 heteroatoms. The minimum Gasteiger partial charge on any atom is -0.0930 e. The highest BCUT2D eigenvalue weighted by Crippen LogP contribution is 2.65. The van der Waals surface area contributed by atoms with Gasteiger partial charge in [-0.05, 0) is 84.5 Å². The smallest absolute Gasteiger partial charge is 0.0194 e. The normalized spacial score (nSPS) is 18.6. The molecule has 1 heterocycles. The van der Waals surface area contributed by atoms with E-state index in [-0.39, 0.29) is 32.5 Å². The standard InChI is InChI=1S/C36H57PS/c1-31(2,3)23-18-25(33(7,8)9)29-26(19-23)36(16,17)22-37(29)38-30-27(34(10,11)12)20-24(32(4,5)6)21-28(30)35(13,14)15/h18-21H,22H2,1-17H3. The predicted octanol–water partition coefficient (Wildman–Crippen LogP) is 11.3. The highest BCUT2D eigenvalue weighted by Gasteiger charge is 2.43. The van der Waals surface area contributed by atoms with Crippen LogP contribution in [0.5, 0.6) is 0 Å². The van der Waals surface area contributed by atoms with Gasteiger partial charge < -0.3 is 0 Å². The van der Waals surface area contributed by atoms with Crippen molar-refractivity contribution < 1.29 is 0 Å². The largest absolute Gasteiger partial charge is 0.0930 e. The molecule has 0 aromatic heterocycles. The first-order valence-corrected chi connectivity index (χ1v) is 17.5. The van der Waals surface area contributed by atoms with Crippen LogP contribution in [-0.4, -0.2) is 6.16 Å². The van der Waals surface area contributed by atoms with Crippen LogP contribution < -0.4 is 5.30 Å². The third kappa shape index (κ3) is 6.41. The maximum atomic E-state index is 2.57. The lowest BCUT2D eigenvalue weighted by Gasteiger charge is -2.35. The Kier molecular flexibility index (Phi) is 8.06. The molecular formula is C36H57PS. The molecule has 1 aliphatic heterocycles. The number of hydrogen-bond donors (Lipinski definition) is 0. The lowest BCUT2D eigenvalue weighted by Crippen LogP contribution is -2.27. The van der Waals surface area contributed by atoms with E-state index >= 15 is 0 Å². The molecule has 0 bridgehead atoms. The number of benzene rings is 2. The molecule has 0 fully saturated rings. The maximum absolute atomic E-state index is 2.57. The van der Waals surface area contributed by atoms with E-state index in [1.54, 1.807) is 21.3 Å². The van der Waals surface area contributed by atoms with Gasteiger partial charge in [-0.2, -0.15) is 0 Å². The van der Waals surface area contributed by atoms with Gasteiger partial charge in [0.05, 0.1) is 0 Å². The summed E-state index contributed by atoms with van der Waals surface area (Å²) in [5, 5.41) is 1.68. The van der Waals surface area contributed by atoms with Crippen molar-refractivity contribution in [1.29, 1.82) is 0 Å². The van der Waals surface area contributed by atoms with E-state index < -0.39 is 7.12 Å². The van der Waals surface area contributed by atoms with Gasteiger partial charge in [-0.1, -0.05) is 153 Å². The number of rotatable bonds is 2. The van der Waals surface area contributed by atoms with Crippen LogP contribution in [-0.2, 0) is 32.5 Å². The molecule has 2 aromatic carbocycles. The second-order valence-corrected chi connectivity index (χ2v) is 21.6. The number of fused-ring (bicyclic) bond motifs is 1. The lowest BCUT2D eigenvalue weighted by molar-refractivity contribution is 0.531. The molecule has 1 aliphatic rings. The molecule has 0 saturated carbocycles. The summed E-state index contributed by atoms with van der Waals surface area (Å²) in [7, 11) is -0.406. The summed E-state index contributed by atoms with van der Waals surface area (Å²) in [6, 6.07) is 10.2. The van der Waals surface area contributed by atoms with Gasteiger partial charge in [0.2, 0.25) is 0 Å². The highest BCUT2D eigenvalue weighted by molar-refractivity contribution is 8.58. The van der Waals surface area contributed by atoms with Gasteiger partial charge in [-0.3, -0.25) is 0 Å². The van der Waals surface area contributed by atoms with Gasteiger partial charge in [0.25, 0.3) is 0 Å². The number of hydrogen-bond acceptors (Lipinski definition) is 1. The first-order valence-electron chi connectivity index (χ1n) is 14.6. The second-order valence-electron chi connectivity index (χ2n) is 17.6. The average Bonchev–Trinajstić information content (AvgIpc) is 2.93. The summed E-state index contributed by atoms with van der Waals surface area (Å²) in [6.45, 7) is 40.8. The average molecular weight is 553 g/mol. The maximum Gasteiger partial charge on any atom is 0.0194 e. The van der Waals surface area contributed by atoms with Crippen LogP contribution in [0.2, 0.25) is 0 Å². The van der Waals surface area contributed by atoms with Crippen LogP contribution >= 0.6 is 18.5 Å². The molecule has 0 spiro atoms. The van der Waals surface area contributed by atoms with Gasteiger partial charge in [0.15, 0.2) is 0 Å². The summed E-state index contributed by atoms with van der Waals surface area (Å²) in [4.78, 5) is 1.55. The summed E-state index contributed by atoms with van der Waals surface area (Å²) in [5.74, 6) is 0. The van der Waals surface area contributed by atoms with Gasteiger partial charge in [-0.25, -0.2) is 0 Å². The second kappa shape index (κ2) is 9.65. The van der Waals surface area contributed by atoms with Gasteiger partial charge in [0, 0.05) is 4.90 Å². The minimum absolute atomic E-state index is 0.0833. The topological polar surface area (TPSA) is 0 Å². The predicted molar refractivity (Wildman–Crippen MR) is 177 cm³/mol. The molecular weight excluding hydrogens is 495 g/mol. The summed E-state index contributed by atoms with van der Waals surface area (Å²) in [5.41, 5.74) is 9.91. The van der Waals surface area contributed by atoms with Crippen molar-refractivity contribution in [2.24, 2.45) is 0 Å². The summed E-state index contributed by atoms with van der Waals surface area (Å²) < 4.78 is 0. The first-order chi connectivity index (χ1) is 16.7. The lowest BCUT2D eigenvalue weighted by atomic mass is 9.75. The van der Waals surface area contributed by atoms with Gasteiger partial charge in [-0.15, -0.1) is 0 Å².